The lowest BCUT2D eigenvalue weighted by Gasteiger charge is -2.18. The summed E-state index contributed by atoms with van der Waals surface area (Å²) in [5.41, 5.74) is 0. The third kappa shape index (κ3) is 55.9. The summed E-state index contributed by atoms with van der Waals surface area (Å²) >= 11 is 0. The van der Waals surface area contributed by atoms with Crippen molar-refractivity contribution in [1.82, 2.24) is 0 Å². The molecule has 1 atom stereocenters. The Balaban J connectivity index is 4.09. The molecule has 0 aliphatic heterocycles. The zero-order valence-corrected chi connectivity index (χ0v) is 45.8. The topological polar surface area (TPSA) is 78.9 Å². The maximum Gasteiger partial charge on any atom is 0.306 e. The number of carbonyl (C=O) groups excluding carboxylic acids is 3. The fourth-order valence-corrected chi connectivity index (χ4v) is 8.55. The Morgan fingerprint density at radius 3 is 0.913 bits per heavy atom. The third-order valence-corrected chi connectivity index (χ3v) is 13.0. The van der Waals surface area contributed by atoms with Crippen LogP contribution in [0.25, 0.3) is 0 Å². The molecular formula is C63H112O6. The standard InChI is InChI=1S/C63H112O6/c1-4-7-10-13-16-19-21-23-24-25-26-27-28-29-30-31-32-33-34-35-36-37-38-40-41-44-47-50-53-56-62(65)68-59-60(58-67-61(64)55-52-49-46-43-18-15-12-9-6-3)69-63(66)57-54-51-48-45-42-39-22-20-17-14-11-8-5-2/h7,10,16,19-20,22-24,26-27,60H,4-6,8-9,11-15,17-18,21,25,28-59H2,1-3H3/b10-7-,19-16-,22-20-,24-23-,27-26-. The van der Waals surface area contributed by atoms with E-state index in [1.807, 2.05) is 0 Å². The monoisotopic (exact) mass is 965 g/mol. The second kappa shape index (κ2) is 57.7. The Bertz CT molecular complexity index is 1250. The first kappa shape index (κ1) is 66.1. The Hall–Kier alpha value is -2.89. The van der Waals surface area contributed by atoms with Crippen LogP contribution >= 0.6 is 0 Å². The number of carbonyl (C=O) groups is 3. The lowest BCUT2D eigenvalue weighted by Crippen LogP contribution is -2.30. The molecule has 1 unspecified atom stereocenters. The molecule has 0 aromatic rings. The maximum absolute atomic E-state index is 12.8. The van der Waals surface area contributed by atoms with Gasteiger partial charge in [-0.15, -0.1) is 0 Å². The summed E-state index contributed by atoms with van der Waals surface area (Å²) in [4.78, 5) is 38.0. The second-order valence-corrected chi connectivity index (χ2v) is 19.9. The van der Waals surface area contributed by atoms with Crippen LogP contribution in [0.15, 0.2) is 60.8 Å². The van der Waals surface area contributed by atoms with Gasteiger partial charge in [0.15, 0.2) is 6.10 Å². The van der Waals surface area contributed by atoms with E-state index in [0.29, 0.717) is 19.3 Å². The molecule has 400 valence electrons. The largest absolute Gasteiger partial charge is 0.462 e. The van der Waals surface area contributed by atoms with Crippen molar-refractivity contribution in [3.8, 4) is 0 Å². The molecular weight excluding hydrogens is 853 g/mol. The van der Waals surface area contributed by atoms with Crippen LogP contribution in [0.2, 0.25) is 0 Å². The highest BCUT2D eigenvalue weighted by atomic mass is 16.6. The number of ether oxygens (including phenoxy) is 3. The van der Waals surface area contributed by atoms with Crippen molar-refractivity contribution < 1.29 is 28.6 Å². The molecule has 0 radical (unpaired) electrons. The van der Waals surface area contributed by atoms with E-state index < -0.39 is 6.10 Å². The van der Waals surface area contributed by atoms with Crippen LogP contribution in [0.4, 0.5) is 0 Å². The third-order valence-electron chi connectivity index (χ3n) is 13.0. The van der Waals surface area contributed by atoms with E-state index in [-0.39, 0.29) is 31.1 Å². The highest BCUT2D eigenvalue weighted by molar-refractivity contribution is 5.71. The molecule has 6 nitrogen and oxygen atoms in total. The van der Waals surface area contributed by atoms with Crippen molar-refractivity contribution in [3.05, 3.63) is 60.8 Å². The molecule has 69 heavy (non-hydrogen) atoms. The summed E-state index contributed by atoms with van der Waals surface area (Å²) in [6.07, 6.45) is 72.4. The van der Waals surface area contributed by atoms with Crippen LogP contribution < -0.4 is 0 Å². The molecule has 0 rings (SSSR count). The van der Waals surface area contributed by atoms with Crippen LogP contribution in [-0.2, 0) is 28.6 Å². The van der Waals surface area contributed by atoms with Gasteiger partial charge >= 0.3 is 17.9 Å². The van der Waals surface area contributed by atoms with Gasteiger partial charge in [-0.3, -0.25) is 14.4 Å². The summed E-state index contributed by atoms with van der Waals surface area (Å²) in [7, 11) is 0. The summed E-state index contributed by atoms with van der Waals surface area (Å²) in [6, 6.07) is 0. The molecule has 0 aromatic heterocycles. The molecule has 0 aliphatic rings. The van der Waals surface area contributed by atoms with E-state index in [1.165, 1.54) is 173 Å². The predicted octanol–water partition coefficient (Wildman–Crippen LogP) is 20.0. The molecule has 0 saturated heterocycles. The molecule has 0 saturated carbocycles. The average Bonchev–Trinajstić information content (AvgIpc) is 3.35. The van der Waals surface area contributed by atoms with Gasteiger partial charge < -0.3 is 14.2 Å². The average molecular weight is 966 g/mol. The van der Waals surface area contributed by atoms with E-state index in [4.69, 9.17) is 14.2 Å². The van der Waals surface area contributed by atoms with Crippen LogP contribution in [0.3, 0.4) is 0 Å². The molecule has 0 spiro atoms. The summed E-state index contributed by atoms with van der Waals surface area (Å²) in [5, 5.41) is 0. The van der Waals surface area contributed by atoms with Gasteiger partial charge in [-0.25, -0.2) is 0 Å². The molecule has 0 aromatic carbocycles. The predicted molar refractivity (Wildman–Crippen MR) is 298 cm³/mol. The van der Waals surface area contributed by atoms with Crippen LogP contribution in [0, 0.1) is 0 Å². The quantitative estimate of drug-likeness (QED) is 0.0262. The summed E-state index contributed by atoms with van der Waals surface area (Å²) in [5.74, 6) is -0.873. The molecule has 0 bridgehead atoms. The van der Waals surface area contributed by atoms with Gasteiger partial charge in [-0.2, -0.15) is 0 Å². The van der Waals surface area contributed by atoms with Gasteiger partial charge in [0, 0.05) is 19.3 Å². The number of esters is 3. The summed E-state index contributed by atoms with van der Waals surface area (Å²) < 4.78 is 16.8. The maximum atomic E-state index is 12.8. The fourth-order valence-electron chi connectivity index (χ4n) is 8.55. The molecule has 0 amide bonds. The van der Waals surface area contributed by atoms with Crippen molar-refractivity contribution in [1.29, 1.82) is 0 Å². The minimum atomic E-state index is -0.773. The van der Waals surface area contributed by atoms with E-state index in [2.05, 4.69) is 81.5 Å². The fraction of sp³-hybridized carbons (Fsp3) is 0.794. The lowest BCUT2D eigenvalue weighted by atomic mass is 10.0. The van der Waals surface area contributed by atoms with Crippen molar-refractivity contribution in [2.24, 2.45) is 0 Å². The lowest BCUT2D eigenvalue weighted by molar-refractivity contribution is -0.167. The Kier molecular flexibility index (Phi) is 55.3. The Morgan fingerprint density at radius 1 is 0.304 bits per heavy atom. The van der Waals surface area contributed by atoms with E-state index in [9.17, 15) is 14.4 Å². The van der Waals surface area contributed by atoms with Crippen molar-refractivity contribution >= 4 is 17.9 Å². The van der Waals surface area contributed by atoms with Gasteiger partial charge in [-0.1, -0.05) is 261 Å². The highest BCUT2D eigenvalue weighted by Gasteiger charge is 2.19. The zero-order valence-electron chi connectivity index (χ0n) is 45.8. The molecule has 0 fully saturated rings. The Morgan fingerprint density at radius 2 is 0.565 bits per heavy atom. The van der Waals surface area contributed by atoms with E-state index in [1.54, 1.807) is 0 Å². The van der Waals surface area contributed by atoms with Gasteiger partial charge in [0.2, 0.25) is 0 Å². The van der Waals surface area contributed by atoms with Gasteiger partial charge in [0.1, 0.15) is 13.2 Å². The van der Waals surface area contributed by atoms with Crippen molar-refractivity contribution in [2.75, 3.05) is 13.2 Å². The number of unbranched alkanes of at least 4 members (excludes halogenated alkanes) is 33. The minimum absolute atomic E-state index is 0.0734. The Labute approximate surface area is 428 Å². The highest BCUT2D eigenvalue weighted by Crippen LogP contribution is 2.16. The number of rotatable bonds is 54. The number of allylic oxidation sites excluding steroid dienone is 10. The van der Waals surface area contributed by atoms with Crippen molar-refractivity contribution in [2.45, 2.75) is 309 Å². The molecule has 0 heterocycles. The minimum Gasteiger partial charge on any atom is -0.462 e. The number of hydrogen-bond donors (Lipinski definition) is 0. The molecule has 0 aliphatic carbocycles. The smallest absolute Gasteiger partial charge is 0.306 e. The SMILES string of the molecule is CC/C=C\C/C=C\C/C=C\C/C=C\CCCCCCCCCCCCCCCCCCC(=O)OCC(COC(=O)CCCCCCCCCCC)OC(=O)CCCCCCC/C=C\CCCCCC. The van der Waals surface area contributed by atoms with Crippen LogP contribution in [0.1, 0.15) is 303 Å². The number of hydrogen-bond acceptors (Lipinski definition) is 6. The molecule has 0 N–H and O–H groups in total. The van der Waals surface area contributed by atoms with E-state index >= 15 is 0 Å². The first-order chi connectivity index (χ1) is 34.0. The van der Waals surface area contributed by atoms with E-state index in [0.717, 1.165) is 89.9 Å². The first-order valence-electron chi connectivity index (χ1n) is 29.8. The zero-order chi connectivity index (χ0) is 50.0. The van der Waals surface area contributed by atoms with Crippen LogP contribution in [0.5, 0.6) is 0 Å². The molecule has 6 heteroatoms. The first-order valence-corrected chi connectivity index (χ1v) is 29.8. The van der Waals surface area contributed by atoms with Gasteiger partial charge in [0.05, 0.1) is 0 Å². The second-order valence-electron chi connectivity index (χ2n) is 19.9. The normalized spacial score (nSPS) is 12.4. The van der Waals surface area contributed by atoms with Gasteiger partial charge in [-0.05, 0) is 83.5 Å². The van der Waals surface area contributed by atoms with Gasteiger partial charge in [0.25, 0.3) is 0 Å². The van der Waals surface area contributed by atoms with Crippen molar-refractivity contribution in [3.63, 3.8) is 0 Å². The summed E-state index contributed by atoms with van der Waals surface area (Å²) in [6.45, 7) is 6.51. The van der Waals surface area contributed by atoms with Crippen LogP contribution in [-0.4, -0.2) is 37.2 Å².